The lowest BCUT2D eigenvalue weighted by atomic mass is 10.6. The molecule has 0 aromatic carbocycles. The van der Waals surface area contributed by atoms with Crippen LogP contribution in [0.15, 0.2) is 0 Å². The molecule has 0 aliphatic heterocycles. The van der Waals surface area contributed by atoms with Crippen molar-refractivity contribution in [3.63, 3.8) is 0 Å². The zero-order chi connectivity index (χ0) is 13.4. The minimum Gasteiger partial charge on any atom is -0.464 e. The van der Waals surface area contributed by atoms with Crippen molar-refractivity contribution in [2.45, 2.75) is 6.92 Å². The van der Waals surface area contributed by atoms with Crippen molar-refractivity contribution < 1.29 is 9.53 Å². The molecule has 10 nitrogen and oxygen atoms in total. The third-order valence-corrected chi connectivity index (χ3v) is 1.72. The minimum absolute atomic E-state index is 0.158. The second-order valence-corrected chi connectivity index (χ2v) is 3.06. The number of ether oxygens (including phenoxy) is 1. The number of nitrogens with two attached hydrogens (primary N) is 2. The Morgan fingerprint density at radius 1 is 1.28 bits per heavy atom. The number of urea groups is 1. The number of hydrogen-bond donors (Lipinski definition) is 5. The fourth-order valence-electron chi connectivity index (χ4n) is 1.05. The van der Waals surface area contributed by atoms with Crippen LogP contribution in [0, 0.1) is 0 Å². The molecular weight excluding hydrogens is 240 g/mol. The van der Waals surface area contributed by atoms with Gasteiger partial charge in [-0.25, -0.2) is 10.6 Å². The number of hydrazine groups is 1. The molecule has 1 rings (SSSR count). The third-order valence-electron chi connectivity index (χ3n) is 1.72. The molecule has 0 fully saturated rings. The Morgan fingerprint density at radius 2 is 2.00 bits per heavy atom. The molecular formula is C8H16N8O2. The minimum atomic E-state index is -0.591. The molecule has 0 aliphatic carbocycles. The van der Waals surface area contributed by atoms with Crippen LogP contribution in [0.4, 0.5) is 16.7 Å². The first-order valence-electron chi connectivity index (χ1n) is 5.28. The molecule has 0 unspecified atom stereocenters. The highest BCUT2D eigenvalue weighted by Gasteiger charge is 2.05. The smallest absolute Gasteiger partial charge is 0.323 e. The molecule has 1 heterocycles. The van der Waals surface area contributed by atoms with Crippen LogP contribution >= 0.6 is 0 Å². The molecule has 1 aromatic heterocycles. The number of primary amides is 1. The summed E-state index contributed by atoms with van der Waals surface area (Å²) in [4.78, 5) is 22.3. The number of rotatable bonds is 7. The van der Waals surface area contributed by atoms with E-state index in [4.69, 9.17) is 16.3 Å². The Morgan fingerprint density at radius 3 is 2.61 bits per heavy atom. The molecule has 0 radical (unpaired) electrons. The van der Waals surface area contributed by atoms with Crippen LogP contribution in [0.25, 0.3) is 0 Å². The Bertz CT molecular complexity index is 399. The van der Waals surface area contributed by atoms with Crippen LogP contribution in [0.2, 0.25) is 0 Å². The predicted molar refractivity (Wildman–Crippen MR) is 64.9 cm³/mol. The molecule has 10 heteroatoms. The second-order valence-electron chi connectivity index (χ2n) is 3.06. The van der Waals surface area contributed by atoms with Crippen molar-refractivity contribution in [1.82, 2.24) is 20.3 Å². The van der Waals surface area contributed by atoms with Gasteiger partial charge in [0.25, 0.3) is 0 Å². The molecule has 7 N–H and O–H groups in total. The Balaban J connectivity index is 2.57. The SMILES string of the molecule is CCOc1nc(NN)nc(NCCNC(N)=O)n1. The summed E-state index contributed by atoms with van der Waals surface area (Å²) in [6.45, 7) is 2.98. The first-order valence-corrected chi connectivity index (χ1v) is 5.28. The average Bonchev–Trinajstić information content (AvgIpc) is 2.34. The summed E-state index contributed by atoms with van der Waals surface area (Å²) in [5.74, 6) is 5.68. The van der Waals surface area contributed by atoms with Gasteiger partial charge in [0.1, 0.15) is 0 Å². The van der Waals surface area contributed by atoms with Gasteiger partial charge in [-0.05, 0) is 6.92 Å². The highest BCUT2D eigenvalue weighted by atomic mass is 16.5. The zero-order valence-electron chi connectivity index (χ0n) is 9.93. The molecule has 0 saturated carbocycles. The number of anilines is 2. The Labute approximate surface area is 103 Å². The van der Waals surface area contributed by atoms with Crippen LogP contribution in [0.3, 0.4) is 0 Å². The van der Waals surface area contributed by atoms with Gasteiger partial charge in [-0.3, -0.25) is 5.43 Å². The van der Waals surface area contributed by atoms with Gasteiger partial charge in [0, 0.05) is 13.1 Å². The van der Waals surface area contributed by atoms with E-state index in [9.17, 15) is 4.79 Å². The molecule has 1 aromatic rings. The summed E-state index contributed by atoms with van der Waals surface area (Å²) < 4.78 is 5.15. The number of aromatic nitrogens is 3. The Hall–Kier alpha value is -2.36. The first kappa shape index (κ1) is 13.7. The quantitative estimate of drug-likeness (QED) is 0.227. The number of nitrogens with zero attached hydrogens (tertiary/aromatic N) is 3. The van der Waals surface area contributed by atoms with E-state index in [1.54, 1.807) is 0 Å². The van der Waals surface area contributed by atoms with Gasteiger partial charge < -0.3 is 21.1 Å². The van der Waals surface area contributed by atoms with Crippen molar-refractivity contribution in [1.29, 1.82) is 0 Å². The largest absolute Gasteiger partial charge is 0.464 e. The number of carbonyl (C=O) groups is 1. The number of hydrogen-bond acceptors (Lipinski definition) is 8. The van der Waals surface area contributed by atoms with Crippen LogP contribution < -0.4 is 32.4 Å². The highest BCUT2D eigenvalue weighted by Crippen LogP contribution is 2.09. The van der Waals surface area contributed by atoms with Gasteiger partial charge in [-0.2, -0.15) is 15.0 Å². The van der Waals surface area contributed by atoms with Gasteiger partial charge in [-0.15, -0.1) is 0 Å². The fourth-order valence-corrected chi connectivity index (χ4v) is 1.05. The van der Waals surface area contributed by atoms with E-state index >= 15 is 0 Å². The number of carbonyl (C=O) groups excluding carboxylic acids is 1. The third kappa shape index (κ3) is 4.65. The maximum Gasteiger partial charge on any atom is 0.323 e. The number of amides is 2. The summed E-state index contributed by atoms with van der Waals surface area (Å²) in [5, 5.41) is 5.28. The first-order chi connectivity index (χ1) is 8.65. The summed E-state index contributed by atoms with van der Waals surface area (Å²) in [7, 11) is 0. The number of nitrogens with one attached hydrogen (secondary N) is 3. The van der Waals surface area contributed by atoms with Gasteiger partial charge in [0.15, 0.2) is 0 Å². The zero-order valence-corrected chi connectivity index (χ0v) is 9.93. The molecule has 2 amide bonds. The molecule has 18 heavy (non-hydrogen) atoms. The standard InChI is InChI=1S/C8H16N8O2/c1-2-18-8-14-6(13-7(15-8)16-10)12-4-3-11-5(9)17/h2-4,10H2,1H3,(H3,9,11,17)(H2,12,13,14,15,16). The highest BCUT2D eigenvalue weighted by molar-refractivity contribution is 5.71. The van der Waals surface area contributed by atoms with Crippen LogP contribution in [0.1, 0.15) is 6.92 Å². The van der Waals surface area contributed by atoms with Crippen molar-refractivity contribution in [3.05, 3.63) is 0 Å². The van der Waals surface area contributed by atoms with Crippen LogP contribution in [-0.4, -0.2) is 40.7 Å². The van der Waals surface area contributed by atoms with Crippen molar-refractivity contribution in [3.8, 4) is 6.01 Å². The summed E-state index contributed by atoms with van der Waals surface area (Å²) in [5.41, 5.74) is 7.22. The molecule has 0 aliphatic rings. The maximum atomic E-state index is 10.4. The normalized spacial score (nSPS) is 9.67. The molecule has 0 spiro atoms. The molecule has 0 bridgehead atoms. The van der Waals surface area contributed by atoms with E-state index in [-0.39, 0.29) is 17.9 Å². The summed E-state index contributed by atoms with van der Waals surface area (Å²) in [6, 6.07) is -0.433. The number of nitrogen functional groups attached to an aromatic ring is 1. The average molecular weight is 256 g/mol. The van der Waals surface area contributed by atoms with E-state index in [0.717, 1.165) is 0 Å². The topological polar surface area (TPSA) is 153 Å². The second kappa shape index (κ2) is 7.06. The van der Waals surface area contributed by atoms with Gasteiger partial charge in [0.05, 0.1) is 6.61 Å². The van der Waals surface area contributed by atoms with Gasteiger partial charge in [-0.1, -0.05) is 0 Å². The predicted octanol–water partition coefficient (Wildman–Crippen LogP) is -1.36. The monoisotopic (exact) mass is 256 g/mol. The van der Waals surface area contributed by atoms with E-state index in [2.05, 4.69) is 31.0 Å². The Kier molecular flexibility index (Phi) is 5.38. The van der Waals surface area contributed by atoms with E-state index < -0.39 is 6.03 Å². The van der Waals surface area contributed by atoms with Gasteiger partial charge >= 0.3 is 12.0 Å². The van der Waals surface area contributed by atoms with Crippen molar-refractivity contribution >= 4 is 17.9 Å². The molecule has 0 saturated heterocycles. The lowest BCUT2D eigenvalue weighted by Gasteiger charge is -2.08. The summed E-state index contributed by atoms with van der Waals surface area (Å²) >= 11 is 0. The maximum absolute atomic E-state index is 10.4. The van der Waals surface area contributed by atoms with Crippen LogP contribution in [0.5, 0.6) is 6.01 Å². The summed E-state index contributed by atoms with van der Waals surface area (Å²) in [6.07, 6.45) is 0. The van der Waals surface area contributed by atoms with Crippen molar-refractivity contribution in [2.24, 2.45) is 11.6 Å². The lowest BCUT2D eigenvalue weighted by molar-refractivity contribution is 0.249. The van der Waals surface area contributed by atoms with E-state index in [0.29, 0.717) is 19.7 Å². The van der Waals surface area contributed by atoms with Gasteiger partial charge in [0.2, 0.25) is 11.9 Å². The fraction of sp³-hybridized carbons (Fsp3) is 0.500. The van der Waals surface area contributed by atoms with Crippen LogP contribution in [-0.2, 0) is 0 Å². The van der Waals surface area contributed by atoms with E-state index in [1.807, 2.05) is 6.92 Å². The van der Waals surface area contributed by atoms with Crippen molar-refractivity contribution in [2.75, 3.05) is 30.4 Å². The van der Waals surface area contributed by atoms with E-state index in [1.165, 1.54) is 0 Å². The lowest BCUT2D eigenvalue weighted by Crippen LogP contribution is -2.33. The molecule has 100 valence electrons. The molecule has 0 atom stereocenters.